The Morgan fingerprint density at radius 2 is 2.25 bits per heavy atom. The molecule has 0 unspecified atom stereocenters. The number of aromatic hydroxyl groups is 1. The molecule has 7 heteroatoms. The number of hydrazone groups is 1. The van der Waals surface area contributed by atoms with Crippen LogP contribution in [-0.4, -0.2) is 27.5 Å². The van der Waals surface area contributed by atoms with Crippen molar-refractivity contribution in [3.63, 3.8) is 0 Å². The van der Waals surface area contributed by atoms with Crippen LogP contribution in [0.15, 0.2) is 23.3 Å². The average molecular weight is 239 g/mol. The van der Waals surface area contributed by atoms with Gasteiger partial charge in [-0.25, -0.2) is 4.79 Å². The number of carbonyl (C=O) groups is 1. The van der Waals surface area contributed by atoms with E-state index in [-0.39, 0.29) is 22.0 Å². The lowest BCUT2D eigenvalue weighted by Crippen LogP contribution is -2.24. The second-order valence-corrected chi connectivity index (χ2v) is 3.25. The van der Waals surface area contributed by atoms with E-state index in [1.807, 2.05) is 0 Å². The maximum absolute atomic E-state index is 10.7. The number of thiocarbonyl (C=S) groups is 1. The van der Waals surface area contributed by atoms with Crippen LogP contribution in [0.3, 0.4) is 0 Å². The van der Waals surface area contributed by atoms with E-state index in [1.54, 1.807) is 0 Å². The number of aromatic carboxylic acids is 1. The van der Waals surface area contributed by atoms with Crippen molar-refractivity contribution in [2.45, 2.75) is 0 Å². The van der Waals surface area contributed by atoms with Gasteiger partial charge in [0, 0.05) is 5.56 Å². The Morgan fingerprint density at radius 3 is 2.81 bits per heavy atom. The van der Waals surface area contributed by atoms with E-state index in [1.165, 1.54) is 24.4 Å². The molecule has 0 spiro atoms. The maximum atomic E-state index is 10.7. The Labute approximate surface area is 96.4 Å². The molecular formula is C9H9N3O3S. The highest BCUT2D eigenvalue weighted by Gasteiger charge is 2.05. The first kappa shape index (κ1) is 11.9. The van der Waals surface area contributed by atoms with E-state index in [0.717, 1.165) is 0 Å². The van der Waals surface area contributed by atoms with Crippen molar-refractivity contribution in [3.05, 3.63) is 29.3 Å². The average Bonchev–Trinajstić information content (AvgIpc) is 2.20. The molecule has 0 saturated carbocycles. The standard InChI is InChI=1S/C9H9N3O3S/c10-9(16)12-11-4-6-3-5(8(14)15)1-2-7(6)13/h1-4,13H,(H,14,15)(H3,10,12,16). The van der Waals surface area contributed by atoms with Crippen molar-refractivity contribution in [2.75, 3.05) is 0 Å². The molecule has 16 heavy (non-hydrogen) atoms. The van der Waals surface area contributed by atoms with Gasteiger partial charge in [0.1, 0.15) is 5.75 Å². The predicted octanol–water partition coefficient (Wildman–Crippen LogP) is 0.257. The minimum Gasteiger partial charge on any atom is -0.507 e. The molecule has 0 aliphatic heterocycles. The summed E-state index contributed by atoms with van der Waals surface area (Å²) in [6.07, 6.45) is 1.22. The minimum atomic E-state index is -1.09. The fourth-order valence-electron chi connectivity index (χ4n) is 0.956. The van der Waals surface area contributed by atoms with E-state index in [2.05, 4.69) is 22.7 Å². The van der Waals surface area contributed by atoms with E-state index in [0.29, 0.717) is 0 Å². The first-order chi connectivity index (χ1) is 7.50. The lowest BCUT2D eigenvalue weighted by molar-refractivity contribution is 0.0697. The molecule has 0 atom stereocenters. The smallest absolute Gasteiger partial charge is 0.335 e. The number of phenolic OH excluding ortho intramolecular Hbond substituents is 1. The molecule has 6 nitrogen and oxygen atoms in total. The summed E-state index contributed by atoms with van der Waals surface area (Å²) in [5, 5.41) is 21.7. The van der Waals surface area contributed by atoms with Gasteiger partial charge in [-0.05, 0) is 30.4 Å². The van der Waals surface area contributed by atoms with Crippen LogP contribution in [0.4, 0.5) is 0 Å². The molecule has 0 amide bonds. The molecule has 0 fully saturated rings. The lowest BCUT2D eigenvalue weighted by Gasteiger charge is -2.00. The van der Waals surface area contributed by atoms with Crippen molar-refractivity contribution < 1.29 is 15.0 Å². The normalized spacial score (nSPS) is 10.2. The Balaban J connectivity index is 2.94. The van der Waals surface area contributed by atoms with E-state index >= 15 is 0 Å². The highest BCUT2D eigenvalue weighted by molar-refractivity contribution is 7.80. The molecule has 0 aliphatic rings. The molecule has 1 aromatic rings. The van der Waals surface area contributed by atoms with Crippen LogP contribution in [0.1, 0.15) is 15.9 Å². The van der Waals surface area contributed by atoms with Crippen molar-refractivity contribution in [1.29, 1.82) is 0 Å². The zero-order valence-electron chi connectivity index (χ0n) is 8.04. The highest BCUT2D eigenvalue weighted by atomic mass is 32.1. The van der Waals surface area contributed by atoms with Crippen LogP contribution < -0.4 is 11.2 Å². The summed E-state index contributed by atoms with van der Waals surface area (Å²) >= 11 is 4.51. The molecule has 0 bridgehead atoms. The minimum absolute atomic E-state index is 0.0230. The van der Waals surface area contributed by atoms with Gasteiger partial charge in [0.2, 0.25) is 0 Å². The summed E-state index contributed by atoms with van der Waals surface area (Å²) in [5.74, 6) is -1.17. The molecule has 1 aromatic carbocycles. The first-order valence-corrected chi connectivity index (χ1v) is 4.56. The van der Waals surface area contributed by atoms with Crippen LogP contribution in [0.25, 0.3) is 0 Å². The summed E-state index contributed by atoms with van der Waals surface area (Å²) < 4.78 is 0. The summed E-state index contributed by atoms with van der Waals surface area (Å²) in [5.41, 5.74) is 7.72. The molecule has 84 valence electrons. The van der Waals surface area contributed by atoms with E-state index in [4.69, 9.17) is 10.8 Å². The van der Waals surface area contributed by atoms with Gasteiger partial charge in [0.25, 0.3) is 0 Å². The molecular weight excluding hydrogens is 230 g/mol. The third-order valence-electron chi connectivity index (χ3n) is 1.65. The van der Waals surface area contributed by atoms with Gasteiger partial charge in [0.15, 0.2) is 5.11 Å². The van der Waals surface area contributed by atoms with Gasteiger partial charge in [-0.2, -0.15) is 5.10 Å². The molecule has 0 saturated heterocycles. The number of hydrogen-bond acceptors (Lipinski definition) is 4. The van der Waals surface area contributed by atoms with E-state index in [9.17, 15) is 9.90 Å². The molecule has 0 heterocycles. The van der Waals surface area contributed by atoms with Crippen LogP contribution in [0.5, 0.6) is 5.75 Å². The van der Waals surface area contributed by atoms with Gasteiger partial charge in [-0.15, -0.1) is 0 Å². The van der Waals surface area contributed by atoms with Crippen LogP contribution in [0, 0.1) is 0 Å². The van der Waals surface area contributed by atoms with Gasteiger partial charge >= 0.3 is 5.97 Å². The zero-order chi connectivity index (χ0) is 12.1. The van der Waals surface area contributed by atoms with Gasteiger partial charge in [-0.1, -0.05) is 0 Å². The Kier molecular flexibility index (Phi) is 3.78. The zero-order valence-corrected chi connectivity index (χ0v) is 8.86. The third kappa shape index (κ3) is 3.21. The fraction of sp³-hybridized carbons (Fsp3) is 0. The number of nitrogens with zero attached hydrogens (tertiary/aromatic N) is 1. The van der Waals surface area contributed by atoms with E-state index < -0.39 is 5.97 Å². The number of nitrogens with two attached hydrogens (primary N) is 1. The summed E-state index contributed by atoms with van der Waals surface area (Å²) in [6, 6.07) is 3.84. The van der Waals surface area contributed by atoms with Crippen molar-refractivity contribution in [1.82, 2.24) is 5.43 Å². The third-order valence-corrected chi connectivity index (χ3v) is 1.74. The molecule has 0 aromatic heterocycles. The van der Waals surface area contributed by atoms with Gasteiger partial charge in [-0.3, -0.25) is 5.43 Å². The van der Waals surface area contributed by atoms with Crippen molar-refractivity contribution >= 4 is 29.5 Å². The number of phenols is 1. The Hall–Kier alpha value is -2.15. The SMILES string of the molecule is NC(=S)NN=Cc1cc(C(=O)O)ccc1O. The molecule has 0 aliphatic carbocycles. The van der Waals surface area contributed by atoms with Crippen molar-refractivity contribution in [2.24, 2.45) is 10.8 Å². The first-order valence-electron chi connectivity index (χ1n) is 4.15. The van der Waals surface area contributed by atoms with Gasteiger partial charge in [0.05, 0.1) is 11.8 Å². The number of carboxylic acid groups (broad SMARTS) is 1. The lowest BCUT2D eigenvalue weighted by atomic mass is 10.1. The molecule has 5 N–H and O–H groups in total. The monoisotopic (exact) mass is 239 g/mol. The number of rotatable bonds is 3. The number of hydrogen-bond donors (Lipinski definition) is 4. The second kappa shape index (κ2) is 5.08. The highest BCUT2D eigenvalue weighted by Crippen LogP contribution is 2.16. The quantitative estimate of drug-likeness (QED) is 0.342. The molecule has 0 radical (unpaired) electrons. The van der Waals surface area contributed by atoms with Crippen LogP contribution in [-0.2, 0) is 0 Å². The van der Waals surface area contributed by atoms with Crippen LogP contribution in [0.2, 0.25) is 0 Å². The fourth-order valence-corrected chi connectivity index (χ4v) is 1.01. The largest absolute Gasteiger partial charge is 0.507 e. The second-order valence-electron chi connectivity index (χ2n) is 2.81. The Bertz CT molecular complexity index is 459. The number of benzene rings is 1. The maximum Gasteiger partial charge on any atom is 0.335 e. The topological polar surface area (TPSA) is 108 Å². The summed E-state index contributed by atoms with van der Waals surface area (Å²) in [7, 11) is 0. The summed E-state index contributed by atoms with van der Waals surface area (Å²) in [4.78, 5) is 10.7. The number of carboxylic acids is 1. The number of nitrogens with one attached hydrogen (secondary N) is 1. The molecule has 1 rings (SSSR count). The van der Waals surface area contributed by atoms with Crippen molar-refractivity contribution in [3.8, 4) is 5.75 Å². The van der Waals surface area contributed by atoms with Gasteiger partial charge < -0.3 is 15.9 Å². The summed E-state index contributed by atoms with van der Waals surface area (Å²) in [6.45, 7) is 0. The predicted molar refractivity (Wildman–Crippen MR) is 62.6 cm³/mol. The van der Waals surface area contributed by atoms with Crippen LogP contribution >= 0.6 is 12.2 Å². The Morgan fingerprint density at radius 1 is 1.56 bits per heavy atom.